The first-order valence-corrected chi connectivity index (χ1v) is 10.4. The number of hydrogen-bond donors (Lipinski definition) is 0. The Bertz CT molecular complexity index is 906. The minimum Gasteiger partial charge on any atom is -0.486 e. The summed E-state index contributed by atoms with van der Waals surface area (Å²) >= 11 is 0. The number of carbonyl (C=O) groups is 1. The molecule has 0 N–H and O–H groups in total. The zero-order chi connectivity index (χ0) is 19.6. The topological polar surface area (TPSA) is 57.2 Å². The van der Waals surface area contributed by atoms with Gasteiger partial charge in [0.15, 0.2) is 23.0 Å². The van der Waals surface area contributed by atoms with Crippen molar-refractivity contribution in [3.8, 4) is 23.0 Å². The van der Waals surface area contributed by atoms with Gasteiger partial charge in [0.05, 0.1) is 6.54 Å². The second-order valence-electron chi connectivity index (χ2n) is 7.73. The van der Waals surface area contributed by atoms with Crippen LogP contribution in [-0.4, -0.2) is 36.9 Å². The molecular formula is C23H25NO5. The summed E-state index contributed by atoms with van der Waals surface area (Å²) in [5, 5.41) is 0. The monoisotopic (exact) mass is 395 g/mol. The Morgan fingerprint density at radius 2 is 1.72 bits per heavy atom. The van der Waals surface area contributed by atoms with Crippen molar-refractivity contribution in [1.82, 2.24) is 4.90 Å². The van der Waals surface area contributed by atoms with Crippen molar-refractivity contribution in [3.63, 3.8) is 0 Å². The van der Waals surface area contributed by atoms with Gasteiger partial charge in [-0.1, -0.05) is 31.4 Å². The van der Waals surface area contributed by atoms with Gasteiger partial charge in [0.1, 0.15) is 13.2 Å². The summed E-state index contributed by atoms with van der Waals surface area (Å²) < 4.78 is 22.5. The standard InChI is InChI=1S/C23H25NO5/c25-23(16-9-10-19-21(13-16)27-12-11-26-19)24(18-6-2-1-3-7-18)14-17-5-4-8-20-22(17)29-15-28-20/h4-5,8-10,13,18H,1-3,6-7,11-12,14-15H2. The summed E-state index contributed by atoms with van der Waals surface area (Å²) in [6.07, 6.45) is 5.61. The van der Waals surface area contributed by atoms with E-state index < -0.39 is 0 Å². The average molecular weight is 395 g/mol. The number of amides is 1. The van der Waals surface area contributed by atoms with E-state index in [-0.39, 0.29) is 18.7 Å². The molecule has 2 aliphatic heterocycles. The number of nitrogens with zero attached hydrogens (tertiary/aromatic N) is 1. The fraction of sp³-hybridized carbons (Fsp3) is 0.435. The molecule has 0 unspecified atom stereocenters. The molecule has 0 saturated heterocycles. The Morgan fingerprint density at radius 3 is 2.59 bits per heavy atom. The first kappa shape index (κ1) is 18.2. The van der Waals surface area contributed by atoms with Gasteiger partial charge in [-0.3, -0.25) is 4.79 Å². The molecule has 3 aliphatic rings. The molecule has 1 saturated carbocycles. The second kappa shape index (κ2) is 7.85. The number of rotatable bonds is 4. The lowest BCUT2D eigenvalue weighted by Crippen LogP contribution is -2.41. The second-order valence-corrected chi connectivity index (χ2v) is 7.73. The molecule has 1 amide bonds. The molecule has 0 bridgehead atoms. The van der Waals surface area contributed by atoms with E-state index in [4.69, 9.17) is 18.9 Å². The summed E-state index contributed by atoms with van der Waals surface area (Å²) in [6, 6.07) is 11.6. The van der Waals surface area contributed by atoms with Crippen molar-refractivity contribution < 1.29 is 23.7 Å². The van der Waals surface area contributed by atoms with E-state index in [1.54, 1.807) is 0 Å². The van der Waals surface area contributed by atoms with Gasteiger partial charge in [-0.15, -0.1) is 0 Å². The highest BCUT2D eigenvalue weighted by Gasteiger charge is 2.29. The van der Waals surface area contributed by atoms with E-state index in [9.17, 15) is 4.79 Å². The summed E-state index contributed by atoms with van der Waals surface area (Å²) in [5.41, 5.74) is 1.61. The van der Waals surface area contributed by atoms with Crippen LogP contribution in [0.3, 0.4) is 0 Å². The number of fused-ring (bicyclic) bond motifs is 2. The zero-order valence-corrected chi connectivity index (χ0v) is 16.4. The predicted octanol–water partition coefficient (Wildman–Crippen LogP) is 4.16. The normalized spacial score (nSPS) is 17.8. The third-order valence-electron chi connectivity index (χ3n) is 5.88. The molecule has 0 radical (unpaired) electrons. The minimum absolute atomic E-state index is 0.0189. The highest BCUT2D eigenvalue weighted by molar-refractivity contribution is 5.95. The largest absolute Gasteiger partial charge is 0.486 e. The number of benzene rings is 2. The van der Waals surface area contributed by atoms with Gasteiger partial charge < -0.3 is 23.8 Å². The molecule has 2 aromatic rings. The van der Waals surface area contributed by atoms with Crippen molar-refractivity contribution in [2.24, 2.45) is 0 Å². The Morgan fingerprint density at radius 1 is 0.897 bits per heavy atom. The molecular weight excluding hydrogens is 370 g/mol. The molecule has 0 atom stereocenters. The van der Waals surface area contributed by atoms with Crippen LogP contribution in [0.15, 0.2) is 36.4 Å². The highest BCUT2D eigenvalue weighted by Crippen LogP contribution is 2.38. The van der Waals surface area contributed by atoms with Crippen LogP contribution in [0.1, 0.15) is 48.0 Å². The summed E-state index contributed by atoms with van der Waals surface area (Å²) in [4.78, 5) is 15.6. The van der Waals surface area contributed by atoms with Crippen molar-refractivity contribution in [1.29, 1.82) is 0 Å². The van der Waals surface area contributed by atoms with Gasteiger partial charge in [-0.25, -0.2) is 0 Å². The van der Waals surface area contributed by atoms with Crippen LogP contribution in [0.2, 0.25) is 0 Å². The lowest BCUT2D eigenvalue weighted by Gasteiger charge is -2.35. The van der Waals surface area contributed by atoms with Crippen LogP contribution < -0.4 is 18.9 Å². The summed E-state index contributed by atoms with van der Waals surface area (Å²) in [6.45, 7) is 1.77. The average Bonchev–Trinajstić information content (AvgIpc) is 3.27. The van der Waals surface area contributed by atoms with E-state index in [2.05, 4.69) is 0 Å². The molecule has 0 aromatic heterocycles. The first-order valence-electron chi connectivity index (χ1n) is 10.4. The molecule has 29 heavy (non-hydrogen) atoms. The maximum absolute atomic E-state index is 13.6. The summed E-state index contributed by atoms with van der Waals surface area (Å²) in [7, 11) is 0. The smallest absolute Gasteiger partial charge is 0.254 e. The van der Waals surface area contributed by atoms with Gasteiger partial charge in [0, 0.05) is 17.2 Å². The van der Waals surface area contributed by atoms with Crippen molar-refractivity contribution in [3.05, 3.63) is 47.5 Å². The Balaban J connectivity index is 1.46. The van der Waals surface area contributed by atoms with Gasteiger partial charge in [-0.2, -0.15) is 0 Å². The van der Waals surface area contributed by atoms with Crippen LogP contribution in [-0.2, 0) is 6.54 Å². The van der Waals surface area contributed by atoms with Gasteiger partial charge in [0.2, 0.25) is 6.79 Å². The molecule has 6 nitrogen and oxygen atoms in total. The zero-order valence-electron chi connectivity index (χ0n) is 16.4. The van der Waals surface area contributed by atoms with Crippen LogP contribution >= 0.6 is 0 Å². The lowest BCUT2D eigenvalue weighted by atomic mass is 9.93. The Kier molecular flexibility index (Phi) is 4.92. The van der Waals surface area contributed by atoms with Gasteiger partial charge in [-0.05, 0) is 37.1 Å². The van der Waals surface area contributed by atoms with E-state index in [0.717, 1.165) is 42.7 Å². The number of para-hydroxylation sites is 1. The Hall–Kier alpha value is -2.89. The van der Waals surface area contributed by atoms with E-state index >= 15 is 0 Å². The number of hydrogen-bond acceptors (Lipinski definition) is 5. The minimum atomic E-state index is 0.0189. The third-order valence-corrected chi connectivity index (χ3v) is 5.88. The molecule has 2 aromatic carbocycles. The molecule has 1 fully saturated rings. The maximum atomic E-state index is 13.6. The number of ether oxygens (including phenoxy) is 4. The SMILES string of the molecule is O=C(c1ccc2c(c1)OCCO2)N(Cc1cccc2c1OCO2)C1CCCCC1. The van der Waals surface area contributed by atoms with E-state index in [0.29, 0.717) is 36.8 Å². The van der Waals surface area contributed by atoms with Crippen molar-refractivity contribution in [2.45, 2.75) is 44.7 Å². The van der Waals surface area contributed by atoms with Crippen LogP contribution in [0, 0.1) is 0 Å². The highest BCUT2D eigenvalue weighted by atomic mass is 16.7. The summed E-state index contributed by atoms with van der Waals surface area (Å²) in [5.74, 6) is 2.86. The molecule has 1 aliphatic carbocycles. The molecule has 2 heterocycles. The lowest BCUT2D eigenvalue weighted by molar-refractivity contribution is 0.0611. The Labute approximate surface area is 170 Å². The maximum Gasteiger partial charge on any atom is 0.254 e. The van der Waals surface area contributed by atoms with E-state index in [1.807, 2.05) is 41.3 Å². The predicted molar refractivity (Wildman–Crippen MR) is 107 cm³/mol. The molecule has 6 heteroatoms. The number of carbonyl (C=O) groups excluding carboxylic acids is 1. The fourth-order valence-corrected chi connectivity index (χ4v) is 4.40. The van der Waals surface area contributed by atoms with Gasteiger partial charge in [0.25, 0.3) is 5.91 Å². The van der Waals surface area contributed by atoms with Crippen molar-refractivity contribution in [2.75, 3.05) is 20.0 Å². The van der Waals surface area contributed by atoms with Crippen LogP contribution in [0.4, 0.5) is 0 Å². The quantitative estimate of drug-likeness (QED) is 0.778. The fourth-order valence-electron chi connectivity index (χ4n) is 4.40. The van der Waals surface area contributed by atoms with Crippen molar-refractivity contribution >= 4 is 5.91 Å². The van der Waals surface area contributed by atoms with Crippen LogP contribution in [0.25, 0.3) is 0 Å². The molecule has 0 spiro atoms. The first-order chi connectivity index (χ1) is 14.3. The van der Waals surface area contributed by atoms with Crippen LogP contribution in [0.5, 0.6) is 23.0 Å². The third kappa shape index (κ3) is 3.59. The van der Waals surface area contributed by atoms with Gasteiger partial charge >= 0.3 is 0 Å². The van der Waals surface area contributed by atoms with E-state index in [1.165, 1.54) is 6.42 Å². The molecule has 5 rings (SSSR count). The molecule has 152 valence electrons.